The standard InChI is InChI=1S/C37H26N4/c1-3-9-26(10-4-1)40-34-14-8-7-13-28(34)29-17-15-25(22-36(29)40)24-16-19-33-31(21-24)30-18-20-35-32(37(30)39-33)23-38-41(35)27-11-5-2-6-12-27/h1-22,38-39H,23H2. The predicted octanol–water partition coefficient (Wildman–Crippen LogP) is 9.24. The van der Waals surface area contributed by atoms with E-state index >= 15 is 0 Å². The third-order valence-corrected chi connectivity index (χ3v) is 8.55. The first-order valence-electron chi connectivity index (χ1n) is 14.1. The normalized spacial score (nSPS) is 13.1. The molecular weight excluding hydrogens is 500 g/mol. The van der Waals surface area contributed by atoms with E-state index in [-0.39, 0.29) is 0 Å². The number of nitrogens with one attached hydrogen (secondary N) is 2. The summed E-state index contributed by atoms with van der Waals surface area (Å²) in [6.07, 6.45) is 0. The summed E-state index contributed by atoms with van der Waals surface area (Å²) < 4.78 is 2.38. The molecule has 41 heavy (non-hydrogen) atoms. The summed E-state index contributed by atoms with van der Waals surface area (Å²) >= 11 is 0. The van der Waals surface area contributed by atoms with Crippen molar-refractivity contribution in [3.63, 3.8) is 0 Å². The van der Waals surface area contributed by atoms with Crippen molar-refractivity contribution >= 4 is 55.0 Å². The van der Waals surface area contributed by atoms with Gasteiger partial charge in [0.15, 0.2) is 0 Å². The molecule has 6 aromatic carbocycles. The van der Waals surface area contributed by atoms with Gasteiger partial charge in [-0.2, -0.15) is 0 Å². The zero-order valence-corrected chi connectivity index (χ0v) is 22.3. The number of nitrogens with zero attached hydrogens (tertiary/aromatic N) is 2. The lowest BCUT2D eigenvalue weighted by Crippen LogP contribution is -2.26. The van der Waals surface area contributed by atoms with E-state index in [1.54, 1.807) is 0 Å². The number of H-pyrrole nitrogens is 1. The highest BCUT2D eigenvalue weighted by Crippen LogP contribution is 2.40. The van der Waals surface area contributed by atoms with Crippen LogP contribution >= 0.6 is 0 Å². The highest BCUT2D eigenvalue weighted by molar-refractivity contribution is 6.12. The molecule has 0 saturated heterocycles. The summed E-state index contributed by atoms with van der Waals surface area (Å²) in [6, 6.07) is 48.0. The summed E-state index contributed by atoms with van der Waals surface area (Å²) in [5, 5.41) is 7.25. The topological polar surface area (TPSA) is 36.0 Å². The molecule has 1 aliphatic heterocycles. The Hall–Kier alpha value is -5.32. The zero-order chi connectivity index (χ0) is 26.9. The fraction of sp³-hybridized carbons (Fsp3) is 0.0270. The minimum Gasteiger partial charge on any atom is -0.354 e. The molecule has 9 rings (SSSR count). The van der Waals surface area contributed by atoms with E-state index in [1.165, 1.54) is 66.2 Å². The van der Waals surface area contributed by atoms with E-state index in [2.05, 4.69) is 153 Å². The van der Waals surface area contributed by atoms with Crippen LogP contribution in [0.5, 0.6) is 0 Å². The van der Waals surface area contributed by atoms with E-state index in [0.29, 0.717) is 0 Å². The second-order valence-corrected chi connectivity index (χ2v) is 10.8. The first kappa shape index (κ1) is 22.5. The highest BCUT2D eigenvalue weighted by atomic mass is 15.5. The molecule has 0 unspecified atom stereocenters. The van der Waals surface area contributed by atoms with Crippen molar-refractivity contribution in [1.82, 2.24) is 15.0 Å². The van der Waals surface area contributed by atoms with Crippen LogP contribution in [0.15, 0.2) is 133 Å². The number of anilines is 2. The quantitative estimate of drug-likeness (QED) is 0.241. The minimum absolute atomic E-state index is 0.794. The van der Waals surface area contributed by atoms with Crippen molar-refractivity contribution in [2.45, 2.75) is 6.54 Å². The molecule has 0 aliphatic carbocycles. The van der Waals surface area contributed by atoms with Crippen molar-refractivity contribution in [1.29, 1.82) is 0 Å². The summed E-state index contributed by atoms with van der Waals surface area (Å²) in [5.41, 5.74) is 15.6. The molecule has 3 heterocycles. The molecule has 2 N–H and O–H groups in total. The first-order valence-corrected chi connectivity index (χ1v) is 14.1. The van der Waals surface area contributed by atoms with Crippen molar-refractivity contribution < 1.29 is 0 Å². The van der Waals surface area contributed by atoms with Gasteiger partial charge in [0.2, 0.25) is 0 Å². The van der Waals surface area contributed by atoms with Gasteiger partial charge in [-0.1, -0.05) is 78.9 Å². The maximum atomic E-state index is 3.74. The smallest absolute Gasteiger partial charge is 0.0644 e. The largest absolute Gasteiger partial charge is 0.354 e. The average molecular weight is 527 g/mol. The number of benzene rings is 6. The van der Waals surface area contributed by atoms with E-state index in [1.807, 2.05) is 0 Å². The van der Waals surface area contributed by atoms with Gasteiger partial charge in [-0.25, -0.2) is 5.43 Å². The van der Waals surface area contributed by atoms with Gasteiger partial charge in [-0.3, -0.25) is 5.01 Å². The number of para-hydroxylation sites is 3. The second-order valence-electron chi connectivity index (χ2n) is 10.8. The van der Waals surface area contributed by atoms with Crippen LogP contribution < -0.4 is 10.4 Å². The summed E-state index contributed by atoms with van der Waals surface area (Å²) in [4.78, 5) is 3.74. The Bertz CT molecular complexity index is 2260. The van der Waals surface area contributed by atoms with Gasteiger partial charge in [0, 0.05) is 44.9 Å². The summed E-state index contributed by atoms with van der Waals surface area (Å²) in [6.45, 7) is 0.794. The third kappa shape index (κ3) is 3.32. The minimum atomic E-state index is 0.794. The molecule has 0 amide bonds. The Kier molecular flexibility index (Phi) is 4.71. The lowest BCUT2D eigenvalue weighted by molar-refractivity contribution is 0.767. The molecule has 1 aliphatic rings. The number of fused-ring (bicyclic) bond motifs is 8. The molecule has 0 atom stereocenters. The van der Waals surface area contributed by atoms with Gasteiger partial charge in [0.25, 0.3) is 0 Å². The Morgan fingerprint density at radius 3 is 2.05 bits per heavy atom. The fourth-order valence-corrected chi connectivity index (χ4v) is 6.64. The van der Waals surface area contributed by atoms with Gasteiger partial charge in [-0.05, 0) is 65.7 Å². The number of hydrogen-bond acceptors (Lipinski definition) is 2. The van der Waals surface area contributed by atoms with Crippen molar-refractivity contribution in [2.24, 2.45) is 0 Å². The molecule has 0 spiro atoms. The zero-order valence-electron chi connectivity index (χ0n) is 22.3. The second kappa shape index (κ2) is 8.59. The average Bonchev–Trinajstić information content (AvgIpc) is 3.73. The molecule has 4 nitrogen and oxygen atoms in total. The summed E-state index contributed by atoms with van der Waals surface area (Å²) in [7, 11) is 0. The molecule has 0 bridgehead atoms. The van der Waals surface area contributed by atoms with Crippen LogP contribution in [-0.2, 0) is 6.54 Å². The Balaban J connectivity index is 1.20. The fourth-order valence-electron chi connectivity index (χ4n) is 6.64. The lowest BCUT2D eigenvalue weighted by atomic mass is 10.0. The monoisotopic (exact) mass is 526 g/mol. The molecule has 0 saturated carbocycles. The van der Waals surface area contributed by atoms with Gasteiger partial charge in [-0.15, -0.1) is 0 Å². The van der Waals surface area contributed by atoms with Crippen LogP contribution in [0.4, 0.5) is 11.4 Å². The van der Waals surface area contributed by atoms with Crippen molar-refractivity contribution in [3.05, 3.63) is 139 Å². The lowest BCUT2D eigenvalue weighted by Gasteiger charge is -2.19. The predicted molar refractivity (Wildman–Crippen MR) is 171 cm³/mol. The summed E-state index contributed by atoms with van der Waals surface area (Å²) in [5.74, 6) is 0. The van der Waals surface area contributed by atoms with Crippen LogP contribution in [0.2, 0.25) is 0 Å². The number of aromatic nitrogens is 2. The maximum absolute atomic E-state index is 3.74. The Labute approximate surface area is 237 Å². The van der Waals surface area contributed by atoms with Gasteiger partial charge in [0.1, 0.15) is 0 Å². The first-order chi connectivity index (χ1) is 20.3. The molecule has 0 radical (unpaired) electrons. The molecular formula is C37H26N4. The molecule has 0 fully saturated rings. The highest BCUT2D eigenvalue weighted by Gasteiger charge is 2.24. The van der Waals surface area contributed by atoms with Crippen LogP contribution in [0, 0.1) is 0 Å². The van der Waals surface area contributed by atoms with Gasteiger partial charge in [0.05, 0.1) is 27.9 Å². The molecule has 2 aromatic heterocycles. The molecule has 4 heteroatoms. The molecule has 194 valence electrons. The van der Waals surface area contributed by atoms with E-state index in [4.69, 9.17) is 0 Å². The van der Waals surface area contributed by atoms with Crippen LogP contribution in [0.25, 0.3) is 60.4 Å². The van der Waals surface area contributed by atoms with Crippen molar-refractivity contribution in [2.75, 3.05) is 5.01 Å². The molecule has 8 aromatic rings. The van der Waals surface area contributed by atoms with E-state index in [9.17, 15) is 0 Å². The van der Waals surface area contributed by atoms with E-state index in [0.717, 1.165) is 17.7 Å². The van der Waals surface area contributed by atoms with Crippen molar-refractivity contribution in [3.8, 4) is 16.8 Å². The van der Waals surface area contributed by atoms with Crippen LogP contribution in [-0.4, -0.2) is 9.55 Å². The van der Waals surface area contributed by atoms with Gasteiger partial charge < -0.3 is 9.55 Å². The number of aromatic amines is 1. The van der Waals surface area contributed by atoms with Crippen LogP contribution in [0.1, 0.15) is 5.56 Å². The SMILES string of the molecule is c1ccc(N2NCc3c2ccc2c3[nH]c3ccc(-c4ccc5c6ccccc6n(-c6ccccc6)c5c4)cc32)cc1. The third-order valence-electron chi connectivity index (χ3n) is 8.55. The maximum Gasteiger partial charge on any atom is 0.0644 e. The Morgan fingerprint density at radius 2 is 1.20 bits per heavy atom. The Morgan fingerprint density at radius 1 is 0.512 bits per heavy atom. The number of hydrazine groups is 1. The number of hydrogen-bond donors (Lipinski definition) is 2. The van der Waals surface area contributed by atoms with Crippen LogP contribution in [0.3, 0.4) is 0 Å². The number of rotatable bonds is 3. The van der Waals surface area contributed by atoms with E-state index < -0.39 is 0 Å². The van der Waals surface area contributed by atoms with Gasteiger partial charge >= 0.3 is 0 Å².